The number of fused-ring (bicyclic) bond motifs is 1. The maximum absolute atomic E-state index is 13.3. The molecule has 0 radical (unpaired) electrons. The lowest BCUT2D eigenvalue weighted by molar-refractivity contribution is 0.00194. The van der Waals surface area contributed by atoms with Crippen molar-refractivity contribution >= 4 is 23.7 Å². The molecule has 0 unspecified atom stereocenters. The SMILES string of the molecule is CC(C)(C)OC(=O)N(C[C@@H](O)c1ccc(Cl)cc1)[C@H]1CCc2ccc(Oc3cccc(C(=O)O)c3)cc2C1. The molecule has 7 nitrogen and oxygen atoms in total. The van der Waals surface area contributed by atoms with E-state index in [4.69, 9.17) is 21.1 Å². The van der Waals surface area contributed by atoms with Gasteiger partial charge in [-0.15, -0.1) is 0 Å². The monoisotopic (exact) mass is 537 g/mol. The van der Waals surface area contributed by atoms with Crippen LogP contribution < -0.4 is 4.74 Å². The fourth-order valence-corrected chi connectivity index (χ4v) is 4.67. The Kier molecular flexibility index (Phi) is 8.29. The zero-order valence-electron chi connectivity index (χ0n) is 21.7. The summed E-state index contributed by atoms with van der Waals surface area (Å²) in [6.45, 7) is 5.53. The number of carbonyl (C=O) groups is 2. The minimum absolute atomic E-state index is 0.0781. The highest BCUT2D eigenvalue weighted by Gasteiger charge is 2.33. The van der Waals surface area contributed by atoms with E-state index in [0.717, 1.165) is 24.0 Å². The number of hydrogen-bond donors (Lipinski definition) is 2. The second-order valence-corrected chi connectivity index (χ2v) is 10.9. The number of benzene rings is 3. The highest BCUT2D eigenvalue weighted by molar-refractivity contribution is 6.30. The maximum atomic E-state index is 13.3. The number of aliphatic hydroxyl groups is 1. The Balaban J connectivity index is 1.55. The van der Waals surface area contributed by atoms with Gasteiger partial charge >= 0.3 is 12.1 Å². The molecule has 0 aliphatic heterocycles. The number of carboxylic acid groups (broad SMARTS) is 1. The number of aromatic carboxylic acids is 1. The standard InChI is InChI=1S/C30H32ClNO6/c1-30(2,3)38-29(36)32(18-27(33)20-7-11-23(31)12-8-20)24-13-9-19-10-14-26(17-22(19)15-24)37-25-6-4-5-21(16-25)28(34)35/h4-8,10-12,14,16-17,24,27,33H,9,13,15,18H2,1-3H3,(H,34,35)/t24-,27+/m0/s1. The molecule has 1 aliphatic carbocycles. The van der Waals surface area contributed by atoms with Gasteiger partial charge in [0.2, 0.25) is 0 Å². The van der Waals surface area contributed by atoms with Crippen LogP contribution in [0.15, 0.2) is 66.7 Å². The lowest BCUT2D eigenvalue weighted by atomic mass is 9.87. The van der Waals surface area contributed by atoms with Crippen molar-refractivity contribution in [1.82, 2.24) is 4.90 Å². The van der Waals surface area contributed by atoms with E-state index in [1.807, 2.05) is 39.0 Å². The van der Waals surface area contributed by atoms with Gasteiger partial charge in [-0.1, -0.05) is 35.9 Å². The second kappa shape index (κ2) is 11.5. The van der Waals surface area contributed by atoms with Gasteiger partial charge in [0.15, 0.2) is 0 Å². The molecule has 0 saturated heterocycles. The van der Waals surface area contributed by atoms with Crippen LogP contribution in [-0.4, -0.2) is 45.4 Å². The molecule has 1 amide bonds. The molecule has 38 heavy (non-hydrogen) atoms. The Labute approximate surface area is 227 Å². The molecule has 2 atom stereocenters. The average Bonchev–Trinajstić information content (AvgIpc) is 2.86. The topological polar surface area (TPSA) is 96.3 Å². The van der Waals surface area contributed by atoms with Crippen LogP contribution in [0.4, 0.5) is 4.79 Å². The van der Waals surface area contributed by atoms with Crippen LogP contribution in [0.25, 0.3) is 0 Å². The smallest absolute Gasteiger partial charge is 0.410 e. The summed E-state index contributed by atoms with van der Waals surface area (Å²) in [5, 5.41) is 20.8. The molecule has 0 spiro atoms. The molecule has 200 valence electrons. The largest absolute Gasteiger partial charge is 0.478 e. The highest BCUT2D eigenvalue weighted by Crippen LogP contribution is 2.32. The zero-order chi connectivity index (χ0) is 27.4. The molecular weight excluding hydrogens is 506 g/mol. The van der Waals surface area contributed by atoms with E-state index >= 15 is 0 Å². The van der Waals surface area contributed by atoms with Gasteiger partial charge < -0.3 is 24.6 Å². The number of nitrogens with zero attached hydrogens (tertiary/aromatic N) is 1. The number of hydrogen-bond acceptors (Lipinski definition) is 5. The summed E-state index contributed by atoms with van der Waals surface area (Å²) in [6, 6.07) is 18.9. The maximum Gasteiger partial charge on any atom is 0.410 e. The van der Waals surface area contributed by atoms with Crippen molar-refractivity contribution < 1.29 is 29.3 Å². The Morgan fingerprint density at radius 2 is 1.74 bits per heavy atom. The summed E-state index contributed by atoms with van der Waals surface area (Å²) in [5.74, 6) is -0.0117. The summed E-state index contributed by atoms with van der Waals surface area (Å²) < 4.78 is 11.7. The van der Waals surface area contributed by atoms with E-state index in [1.165, 1.54) is 12.1 Å². The summed E-state index contributed by atoms with van der Waals surface area (Å²) >= 11 is 6.00. The molecule has 0 saturated carbocycles. The number of halogens is 1. The lowest BCUT2D eigenvalue weighted by Gasteiger charge is -2.37. The van der Waals surface area contributed by atoms with Crippen LogP contribution in [-0.2, 0) is 17.6 Å². The number of carbonyl (C=O) groups excluding carboxylic acids is 1. The van der Waals surface area contributed by atoms with Gasteiger partial charge in [-0.05, 0) is 99.2 Å². The normalized spacial score (nSPS) is 15.8. The van der Waals surface area contributed by atoms with Crippen LogP contribution in [0.2, 0.25) is 5.02 Å². The van der Waals surface area contributed by atoms with E-state index in [1.54, 1.807) is 41.3 Å². The van der Waals surface area contributed by atoms with Crippen molar-refractivity contribution in [1.29, 1.82) is 0 Å². The van der Waals surface area contributed by atoms with Crippen molar-refractivity contribution in [2.75, 3.05) is 6.54 Å². The number of rotatable bonds is 7. The second-order valence-electron chi connectivity index (χ2n) is 10.5. The molecule has 3 aromatic carbocycles. The van der Waals surface area contributed by atoms with Crippen LogP contribution in [0.3, 0.4) is 0 Å². The van der Waals surface area contributed by atoms with Gasteiger partial charge in [0.25, 0.3) is 0 Å². The predicted molar refractivity (Wildman–Crippen MR) is 145 cm³/mol. The first-order valence-electron chi connectivity index (χ1n) is 12.5. The first kappa shape index (κ1) is 27.5. The average molecular weight is 538 g/mol. The zero-order valence-corrected chi connectivity index (χ0v) is 22.4. The van der Waals surface area contributed by atoms with Gasteiger partial charge in [-0.3, -0.25) is 0 Å². The molecule has 0 heterocycles. The predicted octanol–water partition coefficient (Wildman–Crippen LogP) is 6.66. The first-order chi connectivity index (χ1) is 18.0. The molecule has 0 aromatic heterocycles. The van der Waals surface area contributed by atoms with E-state index in [0.29, 0.717) is 28.5 Å². The fraction of sp³-hybridized carbons (Fsp3) is 0.333. The van der Waals surface area contributed by atoms with Gasteiger partial charge in [-0.25, -0.2) is 9.59 Å². The quantitative estimate of drug-likeness (QED) is 0.350. The van der Waals surface area contributed by atoms with Crippen molar-refractivity contribution in [3.8, 4) is 11.5 Å². The Morgan fingerprint density at radius 1 is 1.03 bits per heavy atom. The number of aliphatic hydroxyl groups excluding tert-OH is 1. The Hall–Kier alpha value is -3.55. The van der Waals surface area contributed by atoms with E-state index in [9.17, 15) is 19.8 Å². The molecular formula is C30H32ClNO6. The van der Waals surface area contributed by atoms with Crippen molar-refractivity contribution in [2.24, 2.45) is 0 Å². The van der Waals surface area contributed by atoms with Crippen LogP contribution in [0.5, 0.6) is 11.5 Å². The highest BCUT2D eigenvalue weighted by atomic mass is 35.5. The third-order valence-electron chi connectivity index (χ3n) is 6.39. The minimum atomic E-state index is -1.02. The van der Waals surface area contributed by atoms with Gasteiger partial charge in [0, 0.05) is 11.1 Å². The summed E-state index contributed by atoms with van der Waals surface area (Å²) in [4.78, 5) is 26.2. The van der Waals surface area contributed by atoms with Gasteiger partial charge in [0.1, 0.15) is 17.1 Å². The van der Waals surface area contributed by atoms with Crippen LogP contribution in [0, 0.1) is 0 Å². The van der Waals surface area contributed by atoms with Crippen LogP contribution in [0.1, 0.15) is 60.3 Å². The molecule has 4 rings (SSSR count). The summed E-state index contributed by atoms with van der Waals surface area (Å²) in [5.41, 5.74) is 2.32. The summed E-state index contributed by atoms with van der Waals surface area (Å²) in [6.07, 6.45) is 0.661. The Bertz CT molecular complexity index is 1300. The van der Waals surface area contributed by atoms with E-state index in [-0.39, 0.29) is 18.2 Å². The molecule has 0 bridgehead atoms. The van der Waals surface area contributed by atoms with Gasteiger partial charge in [-0.2, -0.15) is 0 Å². The van der Waals surface area contributed by atoms with Crippen molar-refractivity contribution in [3.05, 3.63) is 94.0 Å². The fourth-order valence-electron chi connectivity index (χ4n) is 4.54. The Morgan fingerprint density at radius 3 is 2.42 bits per heavy atom. The van der Waals surface area contributed by atoms with Gasteiger partial charge in [0.05, 0.1) is 18.2 Å². The molecule has 8 heteroatoms. The molecule has 0 fully saturated rings. The molecule has 2 N–H and O–H groups in total. The lowest BCUT2D eigenvalue weighted by Crippen LogP contribution is -2.47. The first-order valence-corrected chi connectivity index (χ1v) is 12.9. The summed E-state index contributed by atoms with van der Waals surface area (Å²) in [7, 11) is 0. The van der Waals surface area contributed by atoms with Crippen molar-refractivity contribution in [2.45, 2.75) is 57.8 Å². The molecule has 3 aromatic rings. The van der Waals surface area contributed by atoms with E-state index < -0.39 is 23.8 Å². The number of aryl methyl sites for hydroxylation is 1. The third kappa shape index (κ3) is 7.05. The van der Waals surface area contributed by atoms with Crippen LogP contribution >= 0.6 is 11.6 Å². The minimum Gasteiger partial charge on any atom is -0.478 e. The number of amides is 1. The van der Waals surface area contributed by atoms with Crippen molar-refractivity contribution in [3.63, 3.8) is 0 Å². The number of ether oxygens (including phenoxy) is 2. The molecule has 1 aliphatic rings. The third-order valence-corrected chi connectivity index (χ3v) is 6.64. The number of carboxylic acids is 1. The van der Waals surface area contributed by atoms with E-state index in [2.05, 4.69) is 0 Å².